The molecule has 3 nitrogen and oxygen atoms in total. The highest BCUT2D eigenvalue weighted by atomic mass is 79.9. The van der Waals surface area contributed by atoms with Gasteiger partial charge >= 0.3 is 0 Å². The van der Waals surface area contributed by atoms with Crippen molar-refractivity contribution in [3.05, 3.63) is 63.1 Å². The van der Waals surface area contributed by atoms with Gasteiger partial charge in [0.2, 0.25) is 10.0 Å². The largest absolute Gasteiger partial charge is 0.241 e. The average molecular weight is 389 g/mol. The predicted octanol–water partition coefficient (Wildman–Crippen LogP) is 3.93. The summed E-state index contributed by atoms with van der Waals surface area (Å²) in [7, 11) is -3.52. The molecular formula is C15H15BrClNO2S. The molecule has 0 unspecified atom stereocenters. The minimum absolute atomic E-state index is 0.249. The molecule has 0 amide bonds. The molecule has 1 N–H and O–H groups in total. The molecule has 2 aromatic rings. The number of halogens is 2. The summed E-state index contributed by atoms with van der Waals surface area (Å²) in [6.45, 7) is 2.23. The maximum atomic E-state index is 12.3. The fourth-order valence-corrected chi connectivity index (χ4v) is 4.36. The van der Waals surface area contributed by atoms with E-state index in [1.807, 2.05) is 25.1 Å². The number of aryl methyl sites for hydroxylation is 1. The molecule has 0 saturated carbocycles. The topological polar surface area (TPSA) is 46.2 Å². The molecule has 0 aliphatic carbocycles. The van der Waals surface area contributed by atoms with Gasteiger partial charge in [-0.1, -0.05) is 29.8 Å². The van der Waals surface area contributed by atoms with Crippen molar-refractivity contribution < 1.29 is 8.42 Å². The molecule has 2 aromatic carbocycles. The zero-order valence-corrected chi connectivity index (χ0v) is 14.6. The third kappa shape index (κ3) is 4.54. The van der Waals surface area contributed by atoms with Crippen molar-refractivity contribution in [3.63, 3.8) is 0 Å². The van der Waals surface area contributed by atoms with Gasteiger partial charge in [0.1, 0.15) is 0 Å². The molecule has 0 aliphatic heterocycles. The van der Waals surface area contributed by atoms with Crippen LogP contribution in [0.3, 0.4) is 0 Å². The maximum Gasteiger partial charge on any atom is 0.241 e. The van der Waals surface area contributed by atoms with Gasteiger partial charge in [-0.05, 0) is 64.7 Å². The van der Waals surface area contributed by atoms with Gasteiger partial charge in [0.05, 0.1) is 4.90 Å². The summed E-state index contributed by atoms with van der Waals surface area (Å²) in [6, 6.07) is 12.5. The third-order valence-electron chi connectivity index (χ3n) is 2.97. The van der Waals surface area contributed by atoms with Crippen LogP contribution in [0.15, 0.2) is 51.8 Å². The summed E-state index contributed by atoms with van der Waals surface area (Å²) in [5.41, 5.74) is 1.99. The summed E-state index contributed by atoms with van der Waals surface area (Å²) in [6.07, 6.45) is 0.587. The van der Waals surface area contributed by atoms with E-state index in [9.17, 15) is 8.42 Å². The lowest BCUT2D eigenvalue weighted by molar-refractivity contribution is 0.581. The molecule has 0 bridgehead atoms. The summed E-state index contributed by atoms with van der Waals surface area (Å²) >= 11 is 9.19. The predicted molar refractivity (Wildman–Crippen MR) is 89.2 cm³/mol. The number of benzene rings is 2. The third-order valence-corrected chi connectivity index (χ3v) is 5.64. The van der Waals surface area contributed by atoms with Crippen LogP contribution in [0.1, 0.15) is 11.1 Å². The Morgan fingerprint density at radius 2 is 1.95 bits per heavy atom. The van der Waals surface area contributed by atoms with Crippen LogP contribution in [0.2, 0.25) is 5.02 Å². The molecule has 0 spiro atoms. The van der Waals surface area contributed by atoms with E-state index in [2.05, 4.69) is 20.7 Å². The van der Waals surface area contributed by atoms with Crippen LogP contribution >= 0.6 is 27.5 Å². The van der Waals surface area contributed by atoms with Crippen molar-refractivity contribution in [3.8, 4) is 0 Å². The molecule has 0 aliphatic rings. The number of hydrogen-bond donors (Lipinski definition) is 1. The lowest BCUT2D eigenvalue weighted by Crippen LogP contribution is -2.26. The molecule has 0 saturated heterocycles. The van der Waals surface area contributed by atoms with Crippen molar-refractivity contribution in [2.24, 2.45) is 0 Å². The Morgan fingerprint density at radius 1 is 1.19 bits per heavy atom. The van der Waals surface area contributed by atoms with Gasteiger partial charge in [-0.2, -0.15) is 0 Å². The Morgan fingerprint density at radius 3 is 2.62 bits per heavy atom. The van der Waals surface area contributed by atoms with Gasteiger partial charge in [-0.3, -0.25) is 0 Å². The van der Waals surface area contributed by atoms with Crippen molar-refractivity contribution in [2.45, 2.75) is 18.2 Å². The Labute approximate surface area is 138 Å². The van der Waals surface area contributed by atoms with Crippen molar-refractivity contribution in [2.75, 3.05) is 6.54 Å². The van der Waals surface area contributed by atoms with Gasteiger partial charge in [-0.15, -0.1) is 0 Å². The smallest absolute Gasteiger partial charge is 0.211 e. The Hall–Kier alpha value is -0.880. The first-order chi connectivity index (χ1) is 9.88. The van der Waals surface area contributed by atoms with Gasteiger partial charge in [0.15, 0.2) is 0 Å². The van der Waals surface area contributed by atoms with Crippen molar-refractivity contribution >= 4 is 37.6 Å². The van der Waals surface area contributed by atoms with Crippen LogP contribution < -0.4 is 4.72 Å². The molecule has 21 heavy (non-hydrogen) atoms. The second kappa shape index (κ2) is 6.92. The van der Waals surface area contributed by atoms with E-state index < -0.39 is 10.0 Å². The molecule has 112 valence electrons. The van der Waals surface area contributed by atoms with Crippen LogP contribution in [0.25, 0.3) is 0 Å². The summed E-state index contributed by atoms with van der Waals surface area (Å²) in [4.78, 5) is 0.249. The second-order valence-corrected chi connectivity index (χ2v) is 7.74. The molecule has 0 radical (unpaired) electrons. The minimum atomic E-state index is -3.52. The fraction of sp³-hybridized carbons (Fsp3) is 0.200. The van der Waals surface area contributed by atoms with E-state index in [0.29, 0.717) is 22.5 Å². The van der Waals surface area contributed by atoms with E-state index in [-0.39, 0.29) is 4.90 Å². The highest BCUT2D eigenvalue weighted by molar-refractivity contribution is 9.10. The van der Waals surface area contributed by atoms with E-state index in [0.717, 1.165) is 11.1 Å². The molecule has 0 atom stereocenters. The van der Waals surface area contributed by atoms with Crippen LogP contribution in [0, 0.1) is 6.92 Å². The van der Waals surface area contributed by atoms with Crippen LogP contribution in [-0.2, 0) is 16.4 Å². The molecular weight excluding hydrogens is 374 g/mol. The Balaban J connectivity index is 2.05. The minimum Gasteiger partial charge on any atom is -0.211 e. The zero-order chi connectivity index (χ0) is 15.5. The zero-order valence-electron chi connectivity index (χ0n) is 11.4. The summed E-state index contributed by atoms with van der Waals surface area (Å²) in [5.74, 6) is 0. The number of nitrogens with one attached hydrogen (secondary N) is 1. The van der Waals surface area contributed by atoms with Gasteiger partial charge in [-0.25, -0.2) is 13.1 Å². The lowest BCUT2D eigenvalue weighted by Gasteiger charge is -2.09. The molecule has 2 rings (SSSR count). The quantitative estimate of drug-likeness (QED) is 0.843. The van der Waals surface area contributed by atoms with Crippen LogP contribution in [0.4, 0.5) is 0 Å². The fourth-order valence-electron chi connectivity index (χ4n) is 1.92. The van der Waals surface area contributed by atoms with E-state index in [1.54, 1.807) is 24.3 Å². The second-order valence-electron chi connectivity index (χ2n) is 4.71. The standard InChI is InChI=1S/C15H15BrClNO2S/c1-11-5-6-15(14(16)9-11)21(19,20)18-8-7-12-3-2-4-13(17)10-12/h2-6,9-10,18H,7-8H2,1H3. The van der Waals surface area contributed by atoms with Crippen molar-refractivity contribution in [1.29, 1.82) is 0 Å². The summed E-state index contributed by atoms with van der Waals surface area (Å²) < 4.78 is 27.7. The first-order valence-corrected chi connectivity index (χ1v) is 9.04. The monoisotopic (exact) mass is 387 g/mol. The number of sulfonamides is 1. The highest BCUT2D eigenvalue weighted by Crippen LogP contribution is 2.22. The van der Waals surface area contributed by atoms with Gasteiger partial charge < -0.3 is 0 Å². The average Bonchev–Trinajstić information content (AvgIpc) is 2.38. The molecule has 0 fully saturated rings. The van der Waals surface area contributed by atoms with Crippen LogP contribution in [0.5, 0.6) is 0 Å². The van der Waals surface area contributed by atoms with Crippen LogP contribution in [-0.4, -0.2) is 15.0 Å². The van der Waals surface area contributed by atoms with E-state index >= 15 is 0 Å². The highest BCUT2D eigenvalue weighted by Gasteiger charge is 2.16. The number of hydrogen-bond acceptors (Lipinski definition) is 2. The molecule has 0 aromatic heterocycles. The first kappa shape index (κ1) is 16.5. The van der Waals surface area contributed by atoms with E-state index in [4.69, 9.17) is 11.6 Å². The SMILES string of the molecule is Cc1ccc(S(=O)(=O)NCCc2cccc(Cl)c2)c(Br)c1. The number of rotatable bonds is 5. The lowest BCUT2D eigenvalue weighted by atomic mass is 10.2. The van der Waals surface area contributed by atoms with Gasteiger partial charge in [0, 0.05) is 16.0 Å². The Bertz CT molecular complexity index is 747. The van der Waals surface area contributed by atoms with E-state index in [1.165, 1.54) is 0 Å². The normalized spacial score (nSPS) is 11.6. The van der Waals surface area contributed by atoms with Crippen molar-refractivity contribution in [1.82, 2.24) is 4.72 Å². The maximum absolute atomic E-state index is 12.3. The Kier molecular flexibility index (Phi) is 5.43. The first-order valence-electron chi connectivity index (χ1n) is 6.39. The van der Waals surface area contributed by atoms with Gasteiger partial charge in [0.25, 0.3) is 0 Å². The summed E-state index contributed by atoms with van der Waals surface area (Å²) in [5, 5.41) is 0.650. The molecule has 6 heteroatoms. The molecule has 0 heterocycles.